The van der Waals surface area contributed by atoms with Crippen molar-refractivity contribution in [2.75, 3.05) is 18.9 Å². The number of hydrogen-bond donors (Lipinski definition) is 2. The second-order valence-corrected chi connectivity index (χ2v) is 22.0. The summed E-state index contributed by atoms with van der Waals surface area (Å²) in [6.07, 6.45) is -0.499. The Labute approximate surface area is 188 Å². The van der Waals surface area contributed by atoms with Crippen molar-refractivity contribution < 1.29 is 13.9 Å². The number of rotatable bonds is 11. The maximum atomic E-state index is 14.9. The standard InChI is InChI=1S/C23H40FN3O2Si2/c1-16(28-11-13-30(3,4)5)22-21(19-10-9-18(25)15-20(19)24)23(27-26-22)17(2)29-12-14-31(6,7)8/h9-10,15-17H,11-14,25H2,1-8H3,(H,26,27). The fourth-order valence-corrected chi connectivity index (χ4v) is 4.68. The molecule has 0 saturated heterocycles. The number of nitrogens with two attached hydrogens (primary N) is 1. The summed E-state index contributed by atoms with van der Waals surface area (Å²) in [6, 6.07) is 6.92. The van der Waals surface area contributed by atoms with E-state index in [1.54, 1.807) is 12.1 Å². The largest absolute Gasteiger partial charge is 0.399 e. The summed E-state index contributed by atoms with van der Waals surface area (Å²) in [4.78, 5) is 0. The van der Waals surface area contributed by atoms with Crippen molar-refractivity contribution >= 4 is 21.8 Å². The number of nitrogens with zero attached hydrogens (tertiary/aromatic N) is 1. The fourth-order valence-electron chi connectivity index (χ4n) is 3.22. The molecule has 1 aromatic carbocycles. The molecule has 1 aromatic heterocycles. The Balaban J connectivity index is 2.33. The summed E-state index contributed by atoms with van der Waals surface area (Å²) >= 11 is 0. The first-order valence-electron chi connectivity index (χ1n) is 11.2. The fraction of sp³-hybridized carbons (Fsp3) is 0.609. The van der Waals surface area contributed by atoms with E-state index in [2.05, 4.69) is 49.5 Å². The van der Waals surface area contributed by atoms with Crippen molar-refractivity contribution in [1.82, 2.24) is 10.2 Å². The van der Waals surface area contributed by atoms with Gasteiger partial charge in [0.15, 0.2) is 0 Å². The zero-order chi connectivity index (χ0) is 23.4. The smallest absolute Gasteiger partial charge is 0.133 e. The Morgan fingerprint density at radius 2 is 1.52 bits per heavy atom. The third-order valence-corrected chi connectivity index (χ3v) is 8.72. The molecule has 0 aliphatic carbocycles. The van der Waals surface area contributed by atoms with Crippen LogP contribution in [0.1, 0.15) is 37.4 Å². The highest BCUT2D eigenvalue weighted by atomic mass is 28.3. The second-order valence-electron chi connectivity index (χ2n) is 10.8. The lowest BCUT2D eigenvalue weighted by atomic mass is 9.98. The molecule has 174 valence electrons. The van der Waals surface area contributed by atoms with Gasteiger partial charge in [0, 0.05) is 46.2 Å². The van der Waals surface area contributed by atoms with Crippen LogP contribution in [0.4, 0.5) is 10.1 Å². The van der Waals surface area contributed by atoms with Crippen LogP contribution in [-0.4, -0.2) is 39.6 Å². The molecular weight excluding hydrogens is 425 g/mol. The minimum Gasteiger partial charge on any atom is -0.399 e. The molecule has 2 aromatic rings. The molecule has 3 N–H and O–H groups in total. The molecule has 2 atom stereocenters. The Bertz CT molecular complexity index is 816. The van der Waals surface area contributed by atoms with Crippen molar-refractivity contribution in [3.8, 4) is 11.1 Å². The van der Waals surface area contributed by atoms with Crippen LogP contribution in [0.5, 0.6) is 0 Å². The Morgan fingerprint density at radius 1 is 0.968 bits per heavy atom. The van der Waals surface area contributed by atoms with Gasteiger partial charge in [-0.2, -0.15) is 5.10 Å². The first-order valence-corrected chi connectivity index (χ1v) is 18.6. The van der Waals surface area contributed by atoms with E-state index >= 15 is 0 Å². The van der Waals surface area contributed by atoms with Crippen molar-refractivity contribution in [3.05, 3.63) is 35.4 Å². The number of nitrogen functional groups attached to an aromatic ring is 1. The molecule has 0 aliphatic rings. The second kappa shape index (κ2) is 10.4. The number of anilines is 1. The van der Waals surface area contributed by atoms with Crippen LogP contribution in [0.25, 0.3) is 11.1 Å². The lowest BCUT2D eigenvalue weighted by Gasteiger charge is -2.20. The van der Waals surface area contributed by atoms with E-state index in [4.69, 9.17) is 15.2 Å². The highest BCUT2D eigenvalue weighted by molar-refractivity contribution is 6.76. The van der Waals surface area contributed by atoms with Crippen LogP contribution in [0.2, 0.25) is 51.4 Å². The lowest BCUT2D eigenvalue weighted by Crippen LogP contribution is -2.22. The molecule has 0 fully saturated rings. The molecule has 5 nitrogen and oxygen atoms in total. The number of nitrogens with one attached hydrogen (secondary N) is 1. The van der Waals surface area contributed by atoms with Crippen LogP contribution >= 0.6 is 0 Å². The molecule has 0 aliphatic heterocycles. The summed E-state index contributed by atoms with van der Waals surface area (Å²) in [5.74, 6) is -0.368. The minimum absolute atomic E-state index is 0.237. The number of ether oxygens (including phenoxy) is 2. The first kappa shape index (κ1) is 25.8. The monoisotopic (exact) mass is 465 g/mol. The molecule has 8 heteroatoms. The lowest BCUT2D eigenvalue weighted by molar-refractivity contribution is 0.0721. The average Bonchev–Trinajstić information content (AvgIpc) is 3.04. The first-order chi connectivity index (χ1) is 14.3. The van der Waals surface area contributed by atoms with Gasteiger partial charge in [-0.05, 0) is 44.1 Å². The van der Waals surface area contributed by atoms with Gasteiger partial charge < -0.3 is 15.2 Å². The van der Waals surface area contributed by atoms with Crippen LogP contribution in [0, 0.1) is 5.82 Å². The van der Waals surface area contributed by atoms with E-state index in [1.165, 1.54) is 6.07 Å². The number of benzene rings is 1. The van der Waals surface area contributed by atoms with E-state index in [0.717, 1.165) is 23.3 Å². The molecule has 2 rings (SSSR count). The SMILES string of the molecule is CC(OCC[Si](C)(C)C)c1n[nH]c(C(C)OCC[Si](C)(C)C)c1-c1ccc(N)cc1F. The topological polar surface area (TPSA) is 73.2 Å². The molecule has 31 heavy (non-hydrogen) atoms. The Hall–Kier alpha value is -1.49. The number of aromatic amines is 1. The van der Waals surface area contributed by atoms with Crippen LogP contribution in [-0.2, 0) is 9.47 Å². The molecular formula is C23H40FN3O2Si2. The van der Waals surface area contributed by atoms with Gasteiger partial charge in [0.1, 0.15) is 5.82 Å². The number of aromatic nitrogens is 2. The minimum atomic E-state index is -1.20. The third kappa shape index (κ3) is 7.86. The van der Waals surface area contributed by atoms with Gasteiger partial charge in [0.25, 0.3) is 0 Å². The average molecular weight is 466 g/mol. The van der Waals surface area contributed by atoms with Crippen LogP contribution in [0.3, 0.4) is 0 Å². The van der Waals surface area contributed by atoms with Gasteiger partial charge >= 0.3 is 0 Å². The molecule has 2 unspecified atom stereocenters. The number of hydrogen-bond acceptors (Lipinski definition) is 4. The van der Waals surface area contributed by atoms with Gasteiger partial charge in [-0.25, -0.2) is 4.39 Å². The van der Waals surface area contributed by atoms with Gasteiger partial charge in [0.05, 0.1) is 23.6 Å². The molecule has 0 radical (unpaired) electrons. The van der Waals surface area contributed by atoms with Gasteiger partial charge in [0.2, 0.25) is 0 Å². The van der Waals surface area contributed by atoms with Crippen LogP contribution in [0.15, 0.2) is 18.2 Å². The van der Waals surface area contributed by atoms with Gasteiger partial charge in [-0.3, -0.25) is 5.10 Å². The van der Waals surface area contributed by atoms with E-state index in [9.17, 15) is 4.39 Å². The van der Waals surface area contributed by atoms with E-state index in [0.29, 0.717) is 30.2 Å². The van der Waals surface area contributed by atoms with Crippen LogP contribution < -0.4 is 5.73 Å². The molecule has 0 spiro atoms. The highest BCUT2D eigenvalue weighted by Gasteiger charge is 2.26. The quantitative estimate of drug-likeness (QED) is 0.288. The zero-order valence-electron chi connectivity index (χ0n) is 20.4. The van der Waals surface area contributed by atoms with E-state index in [-0.39, 0.29) is 18.0 Å². The van der Waals surface area contributed by atoms with Crippen molar-refractivity contribution in [2.24, 2.45) is 0 Å². The number of halogens is 1. The predicted octanol–water partition coefficient (Wildman–Crippen LogP) is 6.63. The summed E-state index contributed by atoms with van der Waals surface area (Å²) in [6.45, 7) is 19.2. The van der Waals surface area contributed by atoms with Crippen molar-refractivity contribution in [1.29, 1.82) is 0 Å². The summed E-state index contributed by atoms with van der Waals surface area (Å²) in [5, 5.41) is 7.66. The predicted molar refractivity (Wildman–Crippen MR) is 133 cm³/mol. The van der Waals surface area contributed by atoms with Crippen molar-refractivity contribution in [3.63, 3.8) is 0 Å². The maximum absolute atomic E-state index is 14.9. The molecule has 0 amide bonds. The summed E-state index contributed by atoms with van der Waals surface area (Å²) in [7, 11) is -2.41. The Kier molecular flexibility index (Phi) is 8.66. The molecule has 0 bridgehead atoms. The number of H-pyrrole nitrogens is 1. The van der Waals surface area contributed by atoms with Crippen molar-refractivity contribution in [2.45, 2.75) is 77.4 Å². The normalized spacial score (nSPS) is 14.6. The van der Waals surface area contributed by atoms with Gasteiger partial charge in [-0.1, -0.05) is 39.3 Å². The highest BCUT2D eigenvalue weighted by Crippen LogP contribution is 2.37. The molecule has 0 saturated carbocycles. The summed E-state index contributed by atoms with van der Waals surface area (Å²) in [5.41, 5.74) is 8.84. The summed E-state index contributed by atoms with van der Waals surface area (Å²) < 4.78 is 27.2. The zero-order valence-corrected chi connectivity index (χ0v) is 22.4. The maximum Gasteiger partial charge on any atom is 0.133 e. The Morgan fingerprint density at radius 3 is 2.03 bits per heavy atom. The molecule has 1 heterocycles. The van der Waals surface area contributed by atoms with Gasteiger partial charge in [-0.15, -0.1) is 0 Å². The van der Waals surface area contributed by atoms with E-state index < -0.39 is 16.1 Å². The van der Waals surface area contributed by atoms with E-state index in [1.807, 2.05) is 13.8 Å². The third-order valence-electron chi connectivity index (χ3n) is 5.32.